The molecule has 0 saturated carbocycles. The average molecular weight is 380 g/mol. The fraction of sp³-hybridized carbons (Fsp3) is 0.417. The number of β-lactam (4-membered cyclic amide) rings is 1. The Bertz CT molecular complexity index is 695. The molecule has 1 aliphatic rings. The van der Waals surface area contributed by atoms with Crippen molar-refractivity contribution in [1.82, 2.24) is 15.4 Å². The Labute approximate surface area is 168 Å². The third kappa shape index (κ3) is 4.89. The van der Waals surface area contributed by atoms with Crippen LogP contribution in [0.4, 0.5) is 5.13 Å². The SMILES string of the molecule is CO/N=C(/C(=O)NC1C(=O)N(OCC(=O)O)C1C)c1csc(N)n1.[Na]. The second kappa shape index (κ2) is 9.10. The Morgan fingerprint density at radius 1 is 1.56 bits per heavy atom. The van der Waals surface area contributed by atoms with Gasteiger partial charge in [-0.3, -0.25) is 14.4 Å². The number of carboxylic acid groups (broad SMARTS) is 1. The van der Waals surface area contributed by atoms with Crippen LogP contribution in [0.15, 0.2) is 10.5 Å². The van der Waals surface area contributed by atoms with Crippen molar-refractivity contribution in [1.29, 1.82) is 0 Å². The van der Waals surface area contributed by atoms with E-state index in [1.807, 2.05) is 0 Å². The number of nitrogens with one attached hydrogen (secondary N) is 1. The van der Waals surface area contributed by atoms with Gasteiger partial charge >= 0.3 is 5.97 Å². The number of aliphatic carboxylic acids is 1. The van der Waals surface area contributed by atoms with E-state index in [0.29, 0.717) is 0 Å². The maximum atomic E-state index is 12.3. The molecule has 11 nitrogen and oxygen atoms in total. The number of carbonyl (C=O) groups is 3. The van der Waals surface area contributed by atoms with E-state index in [1.165, 1.54) is 12.5 Å². The Morgan fingerprint density at radius 3 is 2.72 bits per heavy atom. The topological polar surface area (TPSA) is 156 Å². The number of thiazole rings is 1. The van der Waals surface area contributed by atoms with E-state index < -0.39 is 36.5 Å². The quantitative estimate of drug-likeness (QED) is 0.222. The maximum Gasteiger partial charge on any atom is 0.332 e. The molecule has 1 saturated heterocycles. The zero-order chi connectivity index (χ0) is 17.9. The van der Waals surface area contributed by atoms with Crippen molar-refractivity contribution in [3.05, 3.63) is 11.1 Å². The normalized spacial score (nSPS) is 19.7. The minimum atomic E-state index is -1.21. The molecule has 13 heteroatoms. The van der Waals surface area contributed by atoms with Gasteiger partial charge in [0.05, 0.1) is 6.04 Å². The molecule has 4 N–H and O–H groups in total. The van der Waals surface area contributed by atoms with E-state index in [9.17, 15) is 14.4 Å². The number of nitrogens with zero attached hydrogens (tertiary/aromatic N) is 3. The molecule has 1 aromatic rings. The molecule has 1 aromatic heterocycles. The molecule has 2 atom stereocenters. The van der Waals surface area contributed by atoms with E-state index in [2.05, 4.69) is 20.3 Å². The Hall–Kier alpha value is -1.73. The molecule has 0 spiro atoms. The minimum Gasteiger partial charge on any atom is -0.479 e. The first-order valence-corrected chi connectivity index (χ1v) is 7.54. The van der Waals surface area contributed by atoms with Gasteiger partial charge < -0.3 is 21.0 Å². The minimum absolute atomic E-state index is 0. The largest absolute Gasteiger partial charge is 0.479 e. The van der Waals surface area contributed by atoms with Gasteiger partial charge in [-0.1, -0.05) is 5.16 Å². The van der Waals surface area contributed by atoms with Crippen molar-refractivity contribution in [3.63, 3.8) is 0 Å². The second-order valence-corrected chi connectivity index (χ2v) is 5.61. The first kappa shape index (κ1) is 21.3. The van der Waals surface area contributed by atoms with Crippen molar-refractivity contribution in [3.8, 4) is 0 Å². The van der Waals surface area contributed by atoms with Crippen LogP contribution >= 0.6 is 11.3 Å². The van der Waals surface area contributed by atoms with Crippen LogP contribution in [-0.4, -0.2) is 94.0 Å². The molecule has 2 rings (SSSR count). The van der Waals surface area contributed by atoms with Crippen LogP contribution in [0, 0.1) is 0 Å². The zero-order valence-electron chi connectivity index (χ0n) is 13.8. The van der Waals surface area contributed by atoms with Gasteiger partial charge in [0.2, 0.25) is 0 Å². The average Bonchev–Trinajstić information content (AvgIpc) is 2.96. The summed E-state index contributed by atoms with van der Waals surface area (Å²) in [6, 6.07) is -1.41. The zero-order valence-corrected chi connectivity index (χ0v) is 16.6. The second-order valence-electron chi connectivity index (χ2n) is 4.72. The molecule has 0 aliphatic carbocycles. The molecule has 0 aromatic carbocycles. The molecule has 1 radical (unpaired) electrons. The van der Waals surface area contributed by atoms with Gasteiger partial charge in [0.15, 0.2) is 17.5 Å². The molecule has 1 fully saturated rings. The number of hydrogen-bond acceptors (Lipinski definition) is 9. The van der Waals surface area contributed by atoms with Gasteiger partial charge in [0.25, 0.3) is 11.8 Å². The summed E-state index contributed by atoms with van der Waals surface area (Å²) in [6.07, 6.45) is 0. The van der Waals surface area contributed by atoms with Gasteiger partial charge in [-0.05, 0) is 6.92 Å². The van der Waals surface area contributed by atoms with E-state index in [4.69, 9.17) is 15.7 Å². The third-order valence-corrected chi connectivity index (χ3v) is 3.79. The van der Waals surface area contributed by atoms with E-state index in [1.54, 1.807) is 6.92 Å². The van der Waals surface area contributed by atoms with Crippen LogP contribution in [0.1, 0.15) is 12.6 Å². The van der Waals surface area contributed by atoms with Gasteiger partial charge in [-0.15, -0.1) is 11.3 Å². The molecule has 0 bridgehead atoms. The van der Waals surface area contributed by atoms with Crippen molar-refractivity contribution in [2.75, 3.05) is 19.5 Å². The van der Waals surface area contributed by atoms with Gasteiger partial charge in [-0.2, -0.15) is 0 Å². The molecular formula is C12H15N5NaO6S. The van der Waals surface area contributed by atoms with Gasteiger partial charge in [0.1, 0.15) is 18.8 Å². The summed E-state index contributed by atoms with van der Waals surface area (Å²) in [4.78, 5) is 48.1. The van der Waals surface area contributed by atoms with Crippen LogP contribution < -0.4 is 11.1 Å². The number of rotatable bonds is 7. The van der Waals surface area contributed by atoms with E-state index >= 15 is 0 Å². The third-order valence-electron chi connectivity index (χ3n) is 3.11. The van der Waals surface area contributed by atoms with Crippen LogP contribution in [0.25, 0.3) is 0 Å². The number of oxime groups is 1. The number of carboxylic acids is 1. The monoisotopic (exact) mass is 380 g/mol. The number of carbonyl (C=O) groups excluding carboxylic acids is 2. The molecule has 2 unspecified atom stereocenters. The summed E-state index contributed by atoms with van der Waals surface area (Å²) in [6.45, 7) is 0.952. The summed E-state index contributed by atoms with van der Waals surface area (Å²) >= 11 is 1.12. The van der Waals surface area contributed by atoms with Crippen molar-refractivity contribution < 1.29 is 29.2 Å². The molecule has 2 heterocycles. The van der Waals surface area contributed by atoms with Gasteiger partial charge in [-0.25, -0.2) is 14.8 Å². The number of hydroxylamine groups is 2. The molecule has 25 heavy (non-hydrogen) atoms. The molecule has 1 aliphatic heterocycles. The maximum absolute atomic E-state index is 12.3. The Morgan fingerprint density at radius 2 is 2.24 bits per heavy atom. The first-order valence-electron chi connectivity index (χ1n) is 6.66. The number of nitrogen functional groups attached to an aromatic ring is 1. The fourth-order valence-electron chi connectivity index (χ4n) is 1.99. The molecular weight excluding hydrogens is 365 g/mol. The predicted molar refractivity (Wildman–Crippen MR) is 87.7 cm³/mol. The number of nitrogens with two attached hydrogens (primary N) is 1. The van der Waals surface area contributed by atoms with Crippen LogP contribution in [0.2, 0.25) is 0 Å². The van der Waals surface area contributed by atoms with Crippen LogP contribution in [-0.2, 0) is 24.1 Å². The Kier molecular flexibility index (Phi) is 7.76. The number of amides is 2. The summed E-state index contributed by atoms with van der Waals surface area (Å²) < 4.78 is 0. The summed E-state index contributed by atoms with van der Waals surface area (Å²) in [5.41, 5.74) is 5.61. The van der Waals surface area contributed by atoms with Crippen LogP contribution in [0.5, 0.6) is 0 Å². The van der Waals surface area contributed by atoms with Crippen molar-refractivity contribution in [2.45, 2.75) is 19.0 Å². The number of anilines is 1. The number of aromatic nitrogens is 1. The standard InChI is InChI=1S/C12H15N5O6S.Na/c1-5-8(11(21)17(5)23-3-7(18)19)15-10(20)9(16-22-2)6-4-24-12(13)14-6;/h4-5,8H,3H2,1-2H3,(H2,13,14)(H,15,20)(H,18,19);/b16-9+;. The van der Waals surface area contributed by atoms with Gasteiger partial charge in [0, 0.05) is 34.9 Å². The Balaban J connectivity index is 0.00000312. The first-order chi connectivity index (χ1) is 11.3. The smallest absolute Gasteiger partial charge is 0.332 e. The number of hydrogen-bond donors (Lipinski definition) is 3. The summed E-state index contributed by atoms with van der Waals surface area (Å²) in [7, 11) is 1.27. The summed E-state index contributed by atoms with van der Waals surface area (Å²) in [5, 5.41) is 17.3. The van der Waals surface area contributed by atoms with Crippen LogP contribution in [0.3, 0.4) is 0 Å². The molecule has 131 valence electrons. The summed E-state index contributed by atoms with van der Waals surface area (Å²) in [5.74, 6) is -2.45. The van der Waals surface area contributed by atoms with E-state index in [0.717, 1.165) is 16.4 Å². The van der Waals surface area contributed by atoms with E-state index in [-0.39, 0.29) is 46.1 Å². The van der Waals surface area contributed by atoms with Crippen molar-refractivity contribution in [2.24, 2.45) is 5.16 Å². The fourth-order valence-corrected chi connectivity index (χ4v) is 2.54. The molecule has 2 amide bonds. The predicted octanol–water partition coefficient (Wildman–Crippen LogP) is -1.57. The van der Waals surface area contributed by atoms with Crippen molar-refractivity contribution >= 4 is 69.5 Å².